The molecule has 0 bridgehead atoms. The first-order chi connectivity index (χ1) is 11.9. The van der Waals surface area contributed by atoms with E-state index in [0.717, 1.165) is 16.9 Å². The van der Waals surface area contributed by atoms with Crippen molar-refractivity contribution in [2.24, 2.45) is 0 Å². The van der Waals surface area contributed by atoms with Gasteiger partial charge in [0.2, 0.25) is 0 Å². The van der Waals surface area contributed by atoms with E-state index >= 15 is 0 Å². The second kappa shape index (κ2) is 6.47. The standard InChI is InChI=1S/C19H19NO5/c1-19(2)9-8-14-10-18(17(23-3)11-16(14)25-19)24-12-13-4-6-15(7-5-13)20(21)22/h4-11H,12H2,1-3H3. The molecule has 0 aromatic heterocycles. The molecule has 1 aliphatic rings. The number of fused-ring (bicyclic) bond motifs is 1. The summed E-state index contributed by atoms with van der Waals surface area (Å²) in [5, 5.41) is 10.7. The first kappa shape index (κ1) is 16.8. The number of hydrogen-bond acceptors (Lipinski definition) is 5. The highest BCUT2D eigenvalue weighted by Gasteiger charge is 2.23. The van der Waals surface area contributed by atoms with Crippen LogP contribution in [-0.2, 0) is 6.61 Å². The van der Waals surface area contributed by atoms with Crippen LogP contribution in [0.5, 0.6) is 17.2 Å². The van der Waals surface area contributed by atoms with Gasteiger partial charge in [-0.05, 0) is 43.7 Å². The maximum atomic E-state index is 10.7. The highest BCUT2D eigenvalue weighted by molar-refractivity contribution is 5.66. The van der Waals surface area contributed by atoms with Gasteiger partial charge in [0.25, 0.3) is 5.69 Å². The maximum Gasteiger partial charge on any atom is 0.269 e. The molecule has 6 nitrogen and oxygen atoms in total. The molecular formula is C19H19NO5. The van der Waals surface area contributed by atoms with Gasteiger partial charge in [-0.2, -0.15) is 0 Å². The molecule has 130 valence electrons. The average molecular weight is 341 g/mol. The number of benzene rings is 2. The minimum atomic E-state index is -0.426. The Bertz CT molecular complexity index is 824. The molecule has 2 aromatic carbocycles. The number of nitro groups is 1. The molecule has 6 heteroatoms. The lowest BCUT2D eigenvalue weighted by Gasteiger charge is -2.28. The van der Waals surface area contributed by atoms with Crippen molar-refractivity contribution in [1.82, 2.24) is 0 Å². The lowest BCUT2D eigenvalue weighted by molar-refractivity contribution is -0.384. The highest BCUT2D eigenvalue weighted by Crippen LogP contribution is 2.40. The molecule has 0 atom stereocenters. The molecule has 0 fully saturated rings. The van der Waals surface area contributed by atoms with E-state index in [2.05, 4.69) is 0 Å². The number of nitro benzene ring substituents is 1. The molecular weight excluding hydrogens is 322 g/mol. The van der Waals surface area contributed by atoms with Gasteiger partial charge >= 0.3 is 0 Å². The Morgan fingerprint density at radius 3 is 2.52 bits per heavy atom. The Balaban J connectivity index is 1.79. The highest BCUT2D eigenvalue weighted by atomic mass is 16.6. The van der Waals surface area contributed by atoms with Gasteiger partial charge < -0.3 is 14.2 Å². The van der Waals surface area contributed by atoms with Crippen molar-refractivity contribution in [3.63, 3.8) is 0 Å². The molecule has 0 N–H and O–H groups in total. The molecule has 0 unspecified atom stereocenters. The molecule has 0 spiro atoms. The third-order valence-electron chi connectivity index (χ3n) is 3.87. The number of ether oxygens (including phenoxy) is 3. The molecule has 0 saturated heterocycles. The molecule has 0 saturated carbocycles. The van der Waals surface area contributed by atoms with Crippen molar-refractivity contribution in [1.29, 1.82) is 0 Å². The number of methoxy groups -OCH3 is 1. The van der Waals surface area contributed by atoms with E-state index < -0.39 is 4.92 Å². The van der Waals surface area contributed by atoms with E-state index in [9.17, 15) is 10.1 Å². The maximum absolute atomic E-state index is 10.7. The Kier molecular flexibility index (Phi) is 4.35. The zero-order chi connectivity index (χ0) is 18.0. The zero-order valence-corrected chi connectivity index (χ0v) is 14.3. The number of rotatable bonds is 5. The summed E-state index contributed by atoms with van der Waals surface area (Å²) in [6.45, 7) is 4.25. The van der Waals surface area contributed by atoms with Gasteiger partial charge in [0, 0.05) is 23.8 Å². The van der Waals surface area contributed by atoms with Crippen molar-refractivity contribution in [3.05, 3.63) is 63.7 Å². The van der Waals surface area contributed by atoms with Crippen LogP contribution in [0.2, 0.25) is 0 Å². The Morgan fingerprint density at radius 1 is 1.16 bits per heavy atom. The average Bonchev–Trinajstić information content (AvgIpc) is 2.58. The van der Waals surface area contributed by atoms with Crippen LogP contribution in [0.25, 0.3) is 6.08 Å². The summed E-state index contributed by atoms with van der Waals surface area (Å²) in [5.41, 5.74) is 1.44. The SMILES string of the molecule is COc1cc2c(cc1OCc1ccc([N+](=O)[O-])cc1)C=CC(C)(C)O2. The molecule has 2 aromatic rings. The predicted molar refractivity (Wildman–Crippen MR) is 94.2 cm³/mol. The van der Waals surface area contributed by atoms with Gasteiger partial charge in [0.05, 0.1) is 12.0 Å². The lowest BCUT2D eigenvalue weighted by Crippen LogP contribution is -2.27. The molecule has 1 aliphatic heterocycles. The van der Waals surface area contributed by atoms with Crippen LogP contribution in [0.1, 0.15) is 25.0 Å². The topological polar surface area (TPSA) is 70.8 Å². The van der Waals surface area contributed by atoms with Crippen LogP contribution in [0, 0.1) is 10.1 Å². The summed E-state index contributed by atoms with van der Waals surface area (Å²) >= 11 is 0. The minimum absolute atomic E-state index is 0.0556. The van der Waals surface area contributed by atoms with Crippen molar-refractivity contribution in [2.45, 2.75) is 26.1 Å². The molecule has 25 heavy (non-hydrogen) atoms. The van der Waals surface area contributed by atoms with Gasteiger partial charge in [0.1, 0.15) is 18.0 Å². The molecule has 0 amide bonds. The summed E-state index contributed by atoms with van der Waals surface area (Å²) in [6.07, 6.45) is 3.99. The summed E-state index contributed by atoms with van der Waals surface area (Å²) in [5.74, 6) is 1.91. The van der Waals surface area contributed by atoms with Gasteiger partial charge in [-0.3, -0.25) is 10.1 Å². The molecule has 0 radical (unpaired) electrons. The first-order valence-corrected chi connectivity index (χ1v) is 7.84. The van der Waals surface area contributed by atoms with Gasteiger partial charge in [-0.25, -0.2) is 0 Å². The summed E-state index contributed by atoms with van der Waals surface area (Å²) < 4.78 is 17.2. The summed E-state index contributed by atoms with van der Waals surface area (Å²) in [6, 6.07) is 9.95. The van der Waals surface area contributed by atoms with Gasteiger partial charge in [0.15, 0.2) is 11.5 Å². The van der Waals surface area contributed by atoms with Crippen molar-refractivity contribution in [2.75, 3.05) is 7.11 Å². The van der Waals surface area contributed by atoms with Crippen LogP contribution in [0.3, 0.4) is 0 Å². The summed E-state index contributed by atoms with van der Waals surface area (Å²) in [4.78, 5) is 10.3. The normalized spacial score (nSPS) is 14.4. The Labute approximate surface area is 145 Å². The van der Waals surface area contributed by atoms with Crippen LogP contribution in [0.4, 0.5) is 5.69 Å². The lowest BCUT2D eigenvalue weighted by atomic mass is 10.0. The Hall–Kier alpha value is -3.02. The number of nitrogens with zero attached hydrogens (tertiary/aromatic N) is 1. The second-order valence-corrected chi connectivity index (χ2v) is 6.29. The molecule has 3 rings (SSSR count). The van der Waals surface area contributed by atoms with E-state index in [1.54, 1.807) is 19.2 Å². The van der Waals surface area contributed by atoms with Gasteiger partial charge in [-0.1, -0.05) is 6.08 Å². The second-order valence-electron chi connectivity index (χ2n) is 6.29. The van der Waals surface area contributed by atoms with Crippen molar-refractivity contribution < 1.29 is 19.1 Å². The van der Waals surface area contributed by atoms with E-state index in [1.165, 1.54) is 12.1 Å². The van der Waals surface area contributed by atoms with Crippen molar-refractivity contribution in [3.8, 4) is 17.2 Å². The van der Waals surface area contributed by atoms with Crippen LogP contribution < -0.4 is 14.2 Å². The summed E-state index contributed by atoms with van der Waals surface area (Å²) in [7, 11) is 1.57. The number of non-ortho nitro benzene ring substituents is 1. The van der Waals surface area contributed by atoms with E-state index in [4.69, 9.17) is 14.2 Å². The number of hydrogen-bond donors (Lipinski definition) is 0. The minimum Gasteiger partial charge on any atom is -0.493 e. The quantitative estimate of drug-likeness (QED) is 0.597. The van der Waals surface area contributed by atoms with Crippen LogP contribution in [-0.4, -0.2) is 17.6 Å². The van der Waals surface area contributed by atoms with E-state index in [-0.39, 0.29) is 17.9 Å². The van der Waals surface area contributed by atoms with Crippen LogP contribution in [0.15, 0.2) is 42.5 Å². The monoisotopic (exact) mass is 341 g/mol. The smallest absolute Gasteiger partial charge is 0.269 e. The molecule has 1 heterocycles. The van der Waals surface area contributed by atoms with Crippen LogP contribution >= 0.6 is 0 Å². The first-order valence-electron chi connectivity index (χ1n) is 7.84. The van der Waals surface area contributed by atoms with E-state index in [1.807, 2.05) is 38.1 Å². The fraction of sp³-hybridized carbons (Fsp3) is 0.263. The fourth-order valence-electron chi connectivity index (χ4n) is 2.53. The fourth-order valence-corrected chi connectivity index (χ4v) is 2.53. The van der Waals surface area contributed by atoms with Crippen molar-refractivity contribution >= 4 is 11.8 Å². The zero-order valence-electron chi connectivity index (χ0n) is 14.3. The molecule has 0 aliphatic carbocycles. The third kappa shape index (κ3) is 3.74. The predicted octanol–water partition coefficient (Wildman–Crippen LogP) is 4.37. The largest absolute Gasteiger partial charge is 0.493 e. The van der Waals surface area contributed by atoms with E-state index in [0.29, 0.717) is 11.5 Å². The third-order valence-corrected chi connectivity index (χ3v) is 3.87. The van der Waals surface area contributed by atoms with Gasteiger partial charge in [-0.15, -0.1) is 0 Å². The Morgan fingerprint density at radius 2 is 1.88 bits per heavy atom.